The fraction of sp³-hybridized carbons (Fsp3) is 0.357. The predicted octanol–water partition coefficient (Wildman–Crippen LogP) is 4.38. The number of hydrogen-bond acceptors (Lipinski definition) is 4. The van der Waals surface area contributed by atoms with Crippen LogP contribution >= 0.6 is 0 Å². The van der Waals surface area contributed by atoms with Gasteiger partial charge in [0.15, 0.2) is 0 Å². The summed E-state index contributed by atoms with van der Waals surface area (Å²) in [5.74, 6) is -0.487. The molecule has 1 aliphatic rings. The zero-order valence-electron chi connectivity index (χ0n) is 20.5. The first kappa shape index (κ1) is 25.9. The highest BCUT2D eigenvalue weighted by atomic mass is 32.2. The zero-order valence-corrected chi connectivity index (χ0v) is 21.3. The summed E-state index contributed by atoms with van der Waals surface area (Å²) in [6.45, 7) is 2.00. The first-order chi connectivity index (χ1) is 17.4. The van der Waals surface area contributed by atoms with E-state index in [1.54, 1.807) is 43.3 Å². The third-order valence-electron chi connectivity index (χ3n) is 6.66. The molecule has 0 unspecified atom stereocenters. The number of sulfonamides is 1. The Morgan fingerprint density at radius 3 is 2.31 bits per heavy atom. The first-order valence-electron chi connectivity index (χ1n) is 12.6. The molecule has 0 radical (unpaired) electrons. The molecule has 0 saturated heterocycles. The van der Waals surface area contributed by atoms with Gasteiger partial charge in [0.25, 0.3) is 0 Å². The van der Waals surface area contributed by atoms with E-state index in [2.05, 4.69) is 15.4 Å². The summed E-state index contributed by atoms with van der Waals surface area (Å²) in [7, 11) is -3.69. The number of carbonyl (C=O) groups excluding carboxylic acids is 2. The highest BCUT2D eigenvalue weighted by molar-refractivity contribution is 7.89. The second kappa shape index (κ2) is 11.7. The van der Waals surface area contributed by atoms with Gasteiger partial charge in [-0.3, -0.25) is 9.59 Å². The Balaban J connectivity index is 1.61. The van der Waals surface area contributed by atoms with Crippen LogP contribution in [0.1, 0.15) is 44.6 Å². The van der Waals surface area contributed by atoms with Crippen molar-refractivity contribution in [2.24, 2.45) is 5.92 Å². The molecular weight excluding hydrogens is 474 g/mol. The van der Waals surface area contributed by atoms with Crippen LogP contribution in [0.4, 0.5) is 5.69 Å². The Bertz CT molecular complexity index is 1320. The third kappa shape index (κ3) is 6.12. The summed E-state index contributed by atoms with van der Waals surface area (Å²) in [5, 5.41) is 7.08. The van der Waals surface area contributed by atoms with Crippen molar-refractivity contribution in [2.45, 2.75) is 56.4 Å². The average Bonchev–Trinajstić information content (AvgIpc) is 2.89. The van der Waals surface area contributed by atoms with Crippen molar-refractivity contribution >= 4 is 38.3 Å². The van der Waals surface area contributed by atoms with Gasteiger partial charge in [0.05, 0.1) is 4.90 Å². The molecule has 4 rings (SSSR count). The van der Waals surface area contributed by atoms with Gasteiger partial charge in [0.1, 0.15) is 6.04 Å². The average molecular weight is 508 g/mol. The van der Waals surface area contributed by atoms with Crippen molar-refractivity contribution in [1.29, 1.82) is 0 Å². The van der Waals surface area contributed by atoms with E-state index < -0.39 is 16.1 Å². The summed E-state index contributed by atoms with van der Waals surface area (Å²) >= 11 is 0. The molecule has 0 aliphatic heterocycles. The molecule has 3 aromatic rings. The lowest BCUT2D eigenvalue weighted by Crippen LogP contribution is -2.47. The van der Waals surface area contributed by atoms with E-state index in [0.717, 1.165) is 37.7 Å². The van der Waals surface area contributed by atoms with Gasteiger partial charge >= 0.3 is 0 Å². The molecule has 2 amide bonds. The minimum Gasteiger partial charge on any atom is -0.344 e. The largest absolute Gasteiger partial charge is 0.344 e. The highest BCUT2D eigenvalue weighted by Crippen LogP contribution is 2.29. The quantitative estimate of drug-likeness (QED) is 0.400. The van der Waals surface area contributed by atoms with Crippen LogP contribution in [0.15, 0.2) is 71.6 Å². The van der Waals surface area contributed by atoms with Crippen LogP contribution in [-0.4, -0.2) is 32.8 Å². The van der Waals surface area contributed by atoms with Crippen molar-refractivity contribution in [3.8, 4) is 0 Å². The molecule has 8 heteroatoms. The molecule has 3 aromatic carbocycles. The minimum atomic E-state index is -3.69. The number of amides is 2. The summed E-state index contributed by atoms with van der Waals surface area (Å²) in [6.07, 6.45) is 5.25. The van der Waals surface area contributed by atoms with Crippen molar-refractivity contribution < 1.29 is 18.0 Å². The molecule has 36 heavy (non-hydrogen) atoms. The number of carbonyl (C=O) groups is 2. The number of fused-ring (bicyclic) bond motifs is 1. The lowest BCUT2D eigenvalue weighted by molar-refractivity contribution is -0.130. The maximum absolute atomic E-state index is 13.5. The second-order valence-corrected chi connectivity index (χ2v) is 11.0. The molecular formula is C28H33N3O4S. The first-order valence-corrected chi connectivity index (χ1v) is 14.0. The van der Waals surface area contributed by atoms with Gasteiger partial charge in [-0.25, -0.2) is 13.1 Å². The van der Waals surface area contributed by atoms with Crippen LogP contribution in [0.5, 0.6) is 0 Å². The molecule has 0 bridgehead atoms. The van der Waals surface area contributed by atoms with Gasteiger partial charge < -0.3 is 10.6 Å². The topological polar surface area (TPSA) is 104 Å². The van der Waals surface area contributed by atoms with E-state index in [0.29, 0.717) is 22.9 Å². The standard InChI is InChI=1S/C28H33N3O4S/c1-2-29-36(34,35)26-18-10-15-22-23(26)16-9-17-24(22)30-28(33)25(19-20-11-5-3-6-12-20)31-27(32)21-13-7-4-8-14-21/h3,5-6,9-12,15-18,21,25,29H,2,4,7-8,13-14,19H2,1H3,(H,30,33)(H,31,32)/t25-/m0/s1. The summed E-state index contributed by atoms with van der Waals surface area (Å²) < 4.78 is 28.0. The molecule has 1 atom stereocenters. The predicted molar refractivity (Wildman–Crippen MR) is 142 cm³/mol. The molecule has 1 fully saturated rings. The monoisotopic (exact) mass is 507 g/mol. The molecule has 0 aromatic heterocycles. The Morgan fingerprint density at radius 2 is 1.58 bits per heavy atom. The van der Waals surface area contributed by atoms with Crippen LogP contribution in [0.2, 0.25) is 0 Å². The van der Waals surface area contributed by atoms with Gasteiger partial charge in [-0.1, -0.05) is 80.8 Å². The van der Waals surface area contributed by atoms with Gasteiger partial charge in [-0.05, 0) is 30.5 Å². The van der Waals surface area contributed by atoms with Gasteiger partial charge in [0.2, 0.25) is 21.8 Å². The van der Waals surface area contributed by atoms with E-state index in [9.17, 15) is 18.0 Å². The van der Waals surface area contributed by atoms with E-state index in [-0.39, 0.29) is 29.2 Å². The van der Waals surface area contributed by atoms with Crippen molar-refractivity contribution in [3.05, 3.63) is 72.3 Å². The van der Waals surface area contributed by atoms with Gasteiger partial charge in [-0.15, -0.1) is 0 Å². The normalized spacial score (nSPS) is 15.4. The number of rotatable bonds is 9. The maximum atomic E-state index is 13.5. The number of anilines is 1. The fourth-order valence-electron chi connectivity index (χ4n) is 4.83. The van der Waals surface area contributed by atoms with E-state index in [1.807, 2.05) is 30.3 Å². The van der Waals surface area contributed by atoms with Crippen LogP contribution in [0.3, 0.4) is 0 Å². The molecule has 1 aliphatic carbocycles. The molecule has 7 nitrogen and oxygen atoms in total. The third-order valence-corrected chi connectivity index (χ3v) is 8.26. The molecule has 0 heterocycles. The second-order valence-electron chi connectivity index (χ2n) is 9.23. The van der Waals surface area contributed by atoms with Gasteiger partial charge in [-0.2, -0.15) is 0 Å². The zero-order chi connectivity index (χ0) is 25.5. The van der Waals surface area contributed by atoms with Crippen LogP contribution in [0.25, 0.3) is 10.8 Å². The Labute approximate surface area is 212 Å². The molecule has 3 N–H and O–H groups in total. The van der Waals surface area contributed by atoms with Crippen molar-refractivity contribution in [1.82, 2.24) is 10.0 Å². The Hall–Kier alpha value is -3.23. The molecule has 0 spiro atoms. The fourth-order valence-corrected chi connectivity index (χ4v) is 6.09. The number of hydrogen-bond donors (Lipinski definition) is 3. The summed E-state index contributed by atoms with van der Waals surface area (Å²) in [6, 6.07) is 19.0. The Kier molecular flexibility index (Phi) is 8.38. The van der Waals surface area contributed by atoms with Crippen molar-refractivity contribution in [3.63, 3.8) is 0 Å². The van der Waals surface area contributed by atoms with Crippen LogP contribution in [0, 0.1) is 5.92 Å². The lowest BCUT2D eigenvalue weighted by atomic mass is 9.88. The molecule has 190 valence electrons. The Morgan fingerprint density at radius 1 is 0.889 bits per heavy atom. The number of benzene rings is 3. The van der Waals surface area contributed by atoms with E-state index in [1.165, 1.54) is 0 Å². The van der Waals surface area contributed by atoms with Crippen LogP contribution in [-0.2, 0) is 26.0 Å². The van der Waals surface area contributed by atoms with Crippen LogP contribution < -0.4 is 15.4 Å². The SMILES string of the molecule is CCNS(=O)(=O)c1cccc2c(NC(=O)[C@H](Cc3ccccc3)NC(=O)C3CCCCC3)cccc12. The summed E-state index contributed by atoms with van der Waals surface area (Å²) in [4.78, 5) is 26.7. The maximum Gasteiger partial charge on any atom is 0.247 e. The smallest absolute Gasteiger partial charge is 0.247 e. The number of nitrogens with one attached hydrogen (secondary N) is 3. The highest BCUT2D eigenvalue weighted by Gasteiger charge is 2.27. The van der Waals surface area contributed by atoms with Gasteiger partial charge in [0, 0.05) is 35.3 Å². The summed E-state index contributed by atoms with van der Waals surface area (Å²) in [5.41, 5.74) is 1.44. The lowest BCUT2D eigenvalue weighted by Gasteiger charge is -2.25. The minimum absolute atomic E-state index is 0.0683. The molecule has 1 saturated carbocycles. The van der Waals surface area contributed by atoms with E-state index >= 15 is 0 Å². The van der Waals surface area contributed by atoms with E-state index in [4.69, 9.17) is 0 Å². The van der Waals surface area contributed by atoms with Crippen molar-refractivity contribution in [2.75, 3.05) is 11.9 Å².